The maximum atomic E-state index is 12.0. The van der Waals surface area contributed by atoms with Crippen molar-refractivity contribution in [3.05, 3.63) is 29.8 Å². The number of hydrogen-bond acceptors (Lipinski definition) is 4. The zero-order chi connectivity index (χ0) is 18.1. The number of amides is 3. The van der Waals surface area contributed by atoms with Crippen LogP contribution in [0.15, 0.2) is 24.3 Å². The van der Waals surface area contributed by atoms with Crippen molar-refractivity contribution in [2.45, 2.75) is 31.7 Å². The molecule has 0 unspecified atom stereocenters. The number of benzene rings is 1. The number of nitrogens with zero attached hydrogens (tertiary/aromatic N) is 1. The lowest BCUT2D eigenvalue weighted by atomic mass is 10.0. The zero-order valence-electron chi connectivity index (χ0n) is 14.8. The van der Waals surface area contributed by atoms with E-state index in [1.54, 1.807) is 19.2 Å². The fourth-order valence-corrected chi connectivity index (χ4v) is 3.03. The molecule has 0 aromatic heterocycles. The van der Waals surface area contributed by atoms with E-state index in [9.17, 15) is 14.7 Å². The molecule has 0 bridgehead atoms. The van der Waals surface area contributed by atoms with Crippen LogP contribution in [0.25, 0.3) is 0 Å². The Morgan fingerprint density at radius 3 is 2.68 bits per heavy atom. The number of aliphatic hydroxyl groups is 1. The van der Waals surface area contributed by atoms with Gasteiger partial charge in [-0.25, -0.2) is 4.79 Å². The number of nitrogens with one attached hydrogen (secondary N) is 3. The molecule has 1 aromatic rings. The van der Waals surface area contributed by atoms with Gasteiger partial charge in [-0.2, -0.15) is 0 Å². The molecular weight excluding hydrogens is 320 g/mol. The molecule has 1 fully saturated rings. The van der Waals surface area contributed by atoms with Crippen LogP contribution in [0.4, 0.5) is 10.5 Å². The standard InChI is InChI=1S/C18H28N4O3/c1-19-17(24)12-14-5-7-15(8-6-14)21-18(25)20-9-11-22-10-3-2-4-16(22)13-23/h5-8,16,23H,2-4,9-13H2,1H3,(H,19,24)(H2,20,21,25)/t16-/m0/s1. The predicted molar refractivity (Wildman–Crippen MR) is 97.5 cm³/mol. The van der Waals surface area contributed by atoms with Crippen LogP contribution in [0.3, 0.4) is 0 Å². The smallest absolute Gasteiger partial charge is 0.319 e. The average Bonchev–Trinajstić information content (AvgIpc) is 2.63. The second-order valence-corrected chi connectivity index (χ2v) is 6.30. The second kappa shape index (κ2) is 10.0. The van der Waals surface area contributed by atoms with E-state index in [0.717, 1.165) is 37.9 Å². The Morgan fingerprint density at radius 2 is 2.00 bits per heavy atom. The average molecular weight is 348 g/mol. The second-order valence-electron chi connectivity index (χ2n) is 6.30. The van der Waals surface area contributed by atoms with Gasteiger partial charge in [0.2, 0.25) is 5.91 Å². The molecule has 1 atom stereocenters. The van der Waals surface area contributed by atoms with Gasteiger partial charge < -0.3 is 21.1 Å². The summed E-state index contributed by atoms with van der Waals surface area (Å²) >= 11 is 0. The molecule has 0 radical (unpaired) electrons. The van der Waals surface area contributed by atoms with Crippen LogP contribution in [0, 0.1) is 0 Å². The molecule has 2 rings (SSSR count). The van der Waals surface area contributed by atoms with Crippen molar-refractivity contribution in [3.63, 3.8) is 0 Å². The zero-order valence-corrected chi connectivity index (χ0v) is 14.8. The Morgan fingerprint density at radius 1 is 1.24 bits per heavy atom. The van der Waals surface area contributed by atoms with E-state index in [1.165, 1.54) is 0 Å². The van der Waals surface area contributed by atoms with E-state index in [4.69, 9.17) is 0 Å². The monoisotopic (exact) mass is 348 g/mol. The number of piperidine rings is 1. The molecule has 4 N–H and O–H groups in total. The molecule has 7 heteroatoms. The first-order valence-electron chi connectivity index (χ1n) is 8.81. The first-order chi connectivity index (χ1) is 12.1. The minimum absolute atomic E-state index is 0.0441. The summed E-state index contributed by atoms with van der Waals surface area (Å²) in [6, 6.07) is 7.17. The van der Waals surface area contributed by atoms with Gasteiger partial charge in [-0.05, 0) is 37.1 Å². The number of likely N-dealkylation sites (tertiary alicyclic amines) is 1. The third-order valence-corrected chi connectivity index (χ3v) is 4.50. The third kappa shape index (κ3) is 6.36. The maximum absolute atomic E-state index is 12.0. The number of anilines is 1. The molecule has 25 heavy (non-hydrogen) atoms. The van der Waals surface area contributed by atoms with Crippen molar-refractivity contribution >= 4 is 17.6 Å². The summed E-state index contributed by atoms with van der Waals surface area (Å²) in [4.78, 5) is 25.5. The number of carbonyl (C=O) groups is 2. The lowest BCUT2D eigenvalue weighted by molar-refractivity contribution is -0.119. The van der Waals surface area contributed by atoms with Crippen LogP contribution in [-0.4, -0.2) is 61.3 Å². The van der Waals surface area contributed by atoms with E-state index in [0.29, 0.717) is 18.7 Å². The lowest BCUT2D eigenvalue weighted by Crippen LogP contribution is -2.46. The summed E-state index contributed by atoms with van der Waals surface area (Å²) in [6.07, 6.45) is 3.65. The molecule has 1 saturated heterocycles. The number of urea groups is 1. The van der Waals surface area contributed by atoms with Crippen molar-refractivity contribution in [1.29, 1.82) is 0 Å². The highest BCUT2D eigenvalue weighted by molar-refractivity contribution is 5.89. The first-order valence-corrected chi connectivity index (χ1v) is 8.81. The molecule has 1 heterocycles. The van der Waals surface area contributed by atoms with E-state index in [2.05, 4.69) is 20.9 Å². The first kappa shape index (κ1) is 19.2. The highest BCUT2D eigenvalue weighted by atomic mass is 16.3. The largest absolute Gasteiger partial charge is 0.395 e. The predicted octanol–water partition coefficient (Wildman–Crippen LogP) is 0.943. The van der Waals surface area contributed by atoms with E-state index in [-0.39, 0.29) is 24.6 Å². The number of aliphatic hydroxyl groups excluding tert-OH is 1. The summed E-state index contributed by atoms with van der Waals surface area (Å²) in [7, 11) is 1.61. The van der Waals surface area contributed by atoms with E-state index >= 15 is 0 Å². The van der Waals surface area contributed by atoms with Gasteiger partial charge in [-0.1, -0.05) is 18.6 Å². The van der Waals surface area contributed by atoms with Crippen molar-refractivity contribution in [2.75, 3.05) is 38.6 Å². The molecule has 1 aromatic carbocycles. The number of carbonyl (C=O) groups excluding carboxylic acids is 2. The van der Waals surface area contributed by atoms with E-state index < -0.39 is 0 Å². The van der Waals surface area contributed by atoms with Gasteiger partial charge in [0, 0.05) is 31.9 Å². The van der Waals surface area contributed by atoms with Crippen molar-refractivity contribution < 1.29 is 14.7 Å². The van der Waals surface area contributed by atoms with Crippen LogP contribution in [-0.2, 0) is 11.2 Å². The van der Waals surface area contributed by atoms with Crippen LogP contribution < -0.4 is 16.0 Å². The van der Waals surface area contributed by atoms with Crippen LogP contribution in [0.1, 0.15) is 24.8 Å². The fraction of sp³-hybridized carbons (Fsp3) is 0.556. The fourth-order valence-electron chi connectivity index (χ4n) is 3.03. The molecule has 7 nitrogen and oxygen atoms in total. The number of likely N-dealkylation sites (N-methyl/N-ethyl adjacent to an activating group) is 1. The van der Waals surface area contributed by atoms with Gasteiger partial charge in [0.05, 0.1) is 13.0 Å². The van der Waals surface area contributed by atoms with E-state index in [1.807, 2.05) is 12.1 Å². The van der Waals surface area contributed by atoms with Crippen molar-refractivity contribution in [2.24, 2.45) is 0 Å². The van der Waals surface area contributed by atoms with Crippen molar-refractivity contribution in [3.8, 4) is 0 Å². The summed E-state index contributed by atoms with van der Waals surface area (Å²) in [5, 5.41) is 17.6. The Balaban J connectivity index is 1.71. The third-order valence-electron chi connectivity index (χ3n) is 4.50. The molecule has 1 aliphatic rings. The summed E-state index contributed by atoms with van der Waals surface area (Å²) in [5.41, 5.74) is 1.58. The molecule has 0 aliphatic carbocycles. The van der Waals surface area contributed by atoms with Gasteiger partial charge in [0.1, 0.15) is 0 Å². The summed E-state index contributed by atoms with van der Waals surface area (Å²) in [5.74, 6) is -0.0441. The van der Waals surface area contributed by atoms with Gasteiger partial charge in [-0.3, -0.25) is 9.69 Å². The van der Waals surface area contributed by atoms with Crippen molar-refractivity contribution in [1.82, 2.24) is 15.5 Å². The maximum Gasteiger partial charge on any atom is 0.319 e. The lowest BCUT2D eigenvalue weighted by Gasteiger charge is -2.34. The molecule has 0 spiro atoms. The van der Waals surface area contributed by atoms with Crippen LogP contribution in [0.5, 0.6) is 0 Å². The highest BCUT2D eigenvalue weighted by Gasteiger charge is 2.20. The molecule has 1 aliphatic heterocycles. The normalized spacial score (nSPS) is 17.8. The summed E-state index contributed by atoms with van der Waals surface area (Å²) < 4.78 is 0. The van der Waals surface area contributed by atoms with Gasteiger partial charge in [0.15, 0.2) is 0 Å². The Hall–Kier alpha value is -2.12. The molecular formula is C18H28N4O3. The highest BCUT2D eigenvalue weighted by Crippen LogP contribution is 2.15. The topological polar surface area (TPSA) is 93.7 Å². The Bertz CT molecular complexity index is 562. The minimum Gasteiger partial charge on any atom is -0.395 e. The Kier molecular flexibility index (Phi) is 7.69. The van der Waals surface area contributed by atoms with Gasteiger partial charge in [-0.15, -0.1) is 0 Å². The molecule has 138 valence electrons. The van der Waals surface area contributed by atoms with Crippen LogP contribution in [0.2, 0.25) is 0 Å². The Labute approximate surface area is 148 Å². The minimum atomic E-state index is -0.253. The SMILES string of the molecule is CNC(=O)Cc1ccc(NC(=O)NCCN2CCCC[C@H]2CO)cc1. The number of hydrogen-bond donors (Lipinski definition) is 4. The molecule has 3 amide bonds. The van der Waals surface area contributed by atoms with Gasteiger partial charge in [0.25, 0.3) is 0 Å². The van der Waals surface area contributed by atoms with Gasteiger partial charge >= 0.3 is 6.03 Å². The summed E-state index contributed by atoms with van der Waals surface area (Å²) in [6.45, 7) is 2.43. The number of rotatable bonds is 7. The quantitative estimate of drug-likeness (QED) is 0.590. The van der Waals surface area contributed by atoms with Crippen LogP contribution >= 0.6 is 0 Å². The molecule has 0 saturated carbocycles.